The number of ether oxygens (including phenoxy) is 2. The quantitative estimate of drug-likeness (QED) is 0.560. The Labute approximate surface area is 186 Å². The van der Waals surface area contributed by atoms with Crippen LogP contribution in [-0.2, 0) is 13.2 Å². The van der Waals surface area contributed by atoms with E-state index in [1.54, 1.807) is 31.1 Å². The number of aryl methyl sites for hydroxylation is 1. The van der Waals surface area contributed by atoms with Gasteiger partial charge in [0.05, 0.1) is 12.7 Å². The minimum Gasteiger partial charge on any atom is -0.493 e. The Kier molecular flexibility index (Phi) is 6.70. The lowest BCUT2D eigenvalue weighted by Crippen LogP contribution is -2.48. The van der Waals surface area contributed by atoms with Crippen LogP contribution in [0.2, 0.25) is 0 Å². The molecule has 1 amide bonds. The van der Waals surface area contributed by atoms with Crippen molar-refractivity contribution in [2.24, 2.45) is 0 Å². The normalized spacial score (nSPS) is 14.4. The zero-order chi connectivity index (χ0) is 22.5. The first kappa shape index (κ1) is 21.8. The van der Waals surface area contributed by atoms with Crippen LogP contribution in [0.25, 0.3) is 0 Å². The number of piperazine rings is 1. The largest absolute Gasteiger partial charge is 0.493 e. The van der Waals surface area contributed by atoms with E-state index in [0.717, 1.165) is 25.2 Å². The first-order valence-corrected chi connectivity index (χ1v) is 10.5. The topological polar surface area (TPSA) is 68.0 Å². The van der Waals surface area contributed by atoms with Crippen molar-refractivity contribution < 1.29 is 23.2 Å². The van der Waals surface area contributed by atoms with E-state index in [4.69, 9.17) is 14.0 Å². The third-order valence-electron chi connectivity index (χ3n) is 5.61. The highest BCUT2D eigenvalue weighted by atomic mass is 19.1. The molecule has 3 aromatic rings. The van der Waals surface area contributed by atoms with Crippen LogP contribution in [0.3, 0.4) is 0 Å². The number of methoxy groups -OCH3 is 1. The Morgan fingerprint density at radius 1 is 1.06 bits per heavy atom. The fourth-order valence-electron chi connectivity index (χ4n) is 3.72. The summed E-state index contributed by atoms with van der Waals surface area (Å²) in [6.07, 6.45) is 0. The van der Waals surface area contributed by atoms with Crippen LogP contribution in [0.1, 0.15) is 27.4 Å². The molecule has 1 fully saturated rings. The molecule has 0 radical (unpaired) electrons. The second kappa shape index (κ2) is 9.82. The number of benzene rings is 2. The van der Waals surface area contributed by atoms with Gasteiger partial charge in [0.2, 0.25) is 0 Å². The molecule has 0 aliphatic carbocycles. The molecule has 2 heterocycles. The number of amides is 1. The van der Waals surface area contributed by atoms with Crippen molar-refractivity contribution >= 4 is 5.91 Å². The lowest BCUT2D eigenvalue weighted by molar-refractivity contribution is 0.0616. The van der Waals surface area contributed by atoms with Crippen LogP contribution in [0.4, 0.5) is 4.39 Å². The van der Waals surface area contributed by atoms with Crippen LogP contribution >= 0.6 is 0 Å². The average Bonchev–Trinajstić information content (AvgIpc) is 3.19. The van der Waals surface area contributed by atoms with Crippen LogP contribution in [0.5, 0.6) is 11.5 Å². The minimum absolute atomic E-state index is 0.154. The highest BCUT2D eigenvalue weighted by molar-refractivity contribution is 5.93. The summed E-state index contributed by atoms with van der Waals surface area (Å²) in [4.78, 5) is 17.2. The summed E-state index contributed by atoms with van der Waals surface area (Å²) < 4.78 is 29.6. The third kappa shape index (κ3) is 4.91. The number of carbonyl (C=O) groups excluding carboxylic acids is 1. The Morgan fingerprint density at radius 3 is 2.44 bits per heavy atom. The molecule has 7 nitrogen and oxygen atoms in total. The summed E-state index contributed by atoms with van der Waals surface area (Å²) in [7, 11) is 1.58. The fraction of sp³-hybridized carbons (Fsp3) is 0.333. The van der Waals surface area contributed by atoms with E-state index in [0.29, 0.717) is 35.9 Å². The van der Waals surface area contributed by atoms with Gasteiger partial charge in [-0.25, -0.2) is 4.39 Å². The molecule has 168 valence electrons. The molecule has 32 heavy (non-hydrogen) atoms. The van der Waals surface area contributed by atoms with Crippen molar-refractivity contribution in [1.29, 1.82) is 0 Å². The molecule has 0 bridgehead atoms. The van der Waals surface area contributed by atoms with Gasteiger partial charge in [-0.3, -0.25) is 9.69 Å². The molecule has 4 rings (SSSR count). The van der Waals surface area contributed by atoms with E-state index in [2.05, 4.69) is 10.1 Å². The van der Waals surface area contributed by atoms with Crippen molar-refractivity contribution in [3.8, 4) is 11.5 Å². The van der Waals surface area contributed by atoms with Gasteiger partial charge in [0.15, 0.2) is 17.2 Å². The summed E-state index contributed by atoms with van der Waals surface area (Å²) in [6, 6.07) is 13.9. The van der Waals surface area contributed by atoms with Crippen LogP contribution in [0, 0.1) is 12.7 Å². The summed E-state index contributed by atoms with van der Waals surface area (Å²) >= 11 is 0. The summed E-state index contributed by atoms with van der Waals surface area (Å²) in [5.74, 6) is 1.35. The first-order valence-electron chi connectivity index (χ1n) is 10.5. The van der Waals surface area contributed by atoms with E-state index in [-0.39, 0.29) is 24.0 Å². The SMILES string of the molecule is COc1ccccc1OCc1c(C(=O)N2CCN(Cc3ccc(F)cc3)CC2)noc1C. The van der Waals surface area contributed by atoms with E-state index >= 15 is 0 Å². The van der Waals surface area contributed by atoms with Gasteiger partial charge in [0, 0.05) is 32.7 Å². The predicted octanol–water partition coefficient (Wildman–Crippen LogP) is 3.67. The van der Waals surface area contributed by atoms with Crippen LogP contribution < -0.4 is 9.47 Å². The lowest BCUT2D eigenvalue weighted by Gasteiger charge is -2.34. The molecule has 2 aromatic carbocycles. The molecule has 8 heteroatoms. The molecule has 0 unspecified atom stereocenters. The zero-order valence-corrected chi connectivity index (χ0v) is 18.2. The van der Waals surface area contributed by atoms with Gasteiger partial charge in [-0.05, 0) is 36.8 Å². The van der Waals surface area contributed by atoms with Crippen LogP contribution in [0.15, 0.2) is 53.1 Å². The highest BCUT2D eigenvalue weighted by Gasteiger charge is 2.28. The van der Waals surface area contributed by atoms with Gasteiger partial charge < -0.3 is 18.9 Å². The Morgan fingerprint density at radius 2 is 1.75 bits per heavy atom. The van der Waals surface area contributed by atoms with Gasteiger partial charge in [-0.2, -0.15) is 0 Å². The maximum atomic E-state index is 13.1. The highest BCUT2D eigenvalue weighted by Crippen LogP contribution is 2.28. The summed E-state index contributed by atoms with van der Waals surface area (Å²) in [5, 5.41) is 4.01. The fourth-order valence-corrected chi connectivity index (χ4v) is 3.72. The lowest BCUT2D eigenvalue weighted by atomic mass is 10.1. The molecule has 0 atom stereocenters. The number of hydrogen-bond acceptors (Lipinski definition) is 6. The number of rotatable bonds is 7. The Balaban J connectivity index is 1.37. The summed E-state index contributed by atoms with van der Waals surface area (Å²) in [5.41, 5.74) is 1.97. The monoisotopic (exact) mass is 439 g/mol. The van der Waals surface area contributed by atoms with Gasteiger partial charge in [0.1, 0.15) is 18.2 Å². The molecule has 1 aliphatic heterocycles. The molecule has 0 spiro atoms. The van der Waals surface area contributed by atoms with Crippen molar-refractivity contribution in [2.75, 3.05) is 33.3 Å². The van der Waals surface area contributed by atoms with Gasteiger partial charge in [-0.1, -0.05) is 29.4 Å². The molecule has 1 aromatic heterocycles. The predicted molar refractivity (Wildman–Crippen MR) is 116 cm³/mol. The maximum Gasteiger partial charge on any atom is 0.276 e. The molecule has 1 saturated heterocycles. The molecular weight excluding hydrogens is 413 g/mol. The van der Waals surface area contributed by atoms with E-state index in [1.807, 2.05) is 24.3 Å². The third-order valence-corrected chi connectivity index (χ3v) is 5.61. The van der Waals surface area contributed by atoms with E-state index in [9.17, 15) is 9.18 Å². The molecular formula is C24H26FN3O4. The standard InChI is InChI=1S/C24H26FN3O4/c1-17-20(16-31-22-6-4-3-5-21(22)30-2)23(26-32-17)24(29)28-13-11-27(12-14-28)15-18-7-9-19(25)10-8-18/h3-10H,11-16H2,1-2H3. The van der Waals surface area contributed by atoms with E-state index in [1.165, 1.54) is 12.1 Å². The minimum atomic E-state index is -0.238. The number of nitrogens with zero attached hydrogens (tertiary/aromatic N) is 3. The summed E-state index contributed by atoms with van der Waals surface area (Å²) in [6.45, 7) is 5.27. The van der Waals surface area contributed by atoms with Crippen molar-refractivity contribution in [1.82, 2.24) is 15.0 Å². The van der Waals surface area contributed by atoms with Gasteiger partial charge >= 0.3 is 0 Å². The number of para-hydroxylation sites is 2. The second-order valence-electron chi connectivity index (χ2n) is 7.70. The number of carbonyl (C=O) groups is 1. The number of aromatic nitrogens is 1. The number of halogens is 1. The maximum absolute atomic E-state index is 13.1. The number of hydrogen-bond donors (Lipinski definition) is 0. The second-order valence-corrected chi connectivity index (χ2v) is 7.70. The van der Waals surface area contributed by atoms with Crippen molar-refractivity contribution in [2.45, 2.75) is 20.1 Å². The first-order chi connectivity index (χ1) is 15.5. The van der Waals surface area contributed by atoms with E-state index < -0.39 is 0 Å². The molecule has 1 aliphatic rings. The van der Waals surface area contributed by atoms with Crippen molar-refractivity contribution in [3.05, 3.63) is 76.9 Å². The zero-order valence-electron chi connectivity index (χ0n) is 18.2. The van der Waals surface area contributed by atoms with Gasteiger partial charge in [-0.15, -0.1) is 0 Å². The van der Waals surface area contributed by atoms with Gasteiger partial charge in [0.25, 0.3) is 5.91 Å². The smallest absolute Gasteiger partial charge is 0.276 e. The molecule has 0 N–H and O–H groups in total. The average molecular weight is 439 g/mol. The van der Waals surface area contributed by atoms with Crippen molar-refractivity contribution in [3.63, 3.8) is 0 Å². The Hall–Kier alpha value is -3.39. The van der Waals surface area contributed by atoms with Crippen LogP contribution in [-0.4, -0.2) is 54.2 Å². The molecule has 0 saturated carbocycles. The Bertz CT molecular complexity index is 1060.